The first-order chi connectivity index (χ1) is 35.1. The Morgan fingerprint density at radius 3 is 1.92 bits per heavy atom. The van der Waals surface area contributed by atoms with Crippen molar-refractivity contribution >= 4 is 41.8 Å². The summed E-state index contributed by atoms with van der Waals surface area (Å²) < 4.78 is 23.1. The van der Waals surface area contributed by atoms with E-state index >= 15 is 0 Å². The minimum absolute atomic E-state index is 0.0407. The molecule has 6 amide bonds. The number of unbranched alkanes of at least 4 members (excludes halogenated alkanes) is 3. The van der Waals surface area contributed by atoms with E-state index in [2.05, 4.69) is 33.5 Å². The van der Waals surface area contributed by atoms with Crippen LogP contribution in [0.25, 0.3) is 0 Å². The van der Waals surface area contributed by atoms with E-state index in [-0.39, 0.29) is 50.5 Å². The molecule has 0 spiro atoms. The van der Waals surface area contributed by atoms with Crippen molar-refractivity contribution in [2.75, 3.05) is 26.7 Å². The van der Waals surface area contributed by atoms with Gasteiger partial charge in [0.2, 0.25) is 23.6 Å². The van der Waals surface area contributed by atoms with Gasteiger partial charge in [-0.3, -0.25) is 24.0 Å². The van der Waals surface area contributed by atoms with Gasteiger partial charge in [0.05, 0.1) is 49.8 Å². The third-order valence-electron chi connectivity index (χ3n) is 13.2. The molecule has 1 aliphatic carbocycles. The van der Waals surface area contributed by atoms with Gasteiger partial charge in [0.1, 0.15) is 30.3 Å². The highest BCUT2D eigenvalue weighted by Crippen LogP contribution is 2.28. The fraction of sp³-hybridized carbons (Fsp3) is 0.661. The molecule has 6 N–H and O–H groups in total. The summed E-state index contributed by atoms with van der Waals surface area (Å²) in [6.45, 7) is 15.9. The Labute approximate surface area is 439 Å². The number of hydrogen-bond donors (Lipinski definition) is 6. The van der Waals surface area contributed by atoms with Gasteiger partial charge in [0.15, 0.2) is 0 Å². The van der Waals surface area contributed by atoms with Gasteiger partial charge in [-0.2, -0.15) is 0 Å². The molecule has 8 atom stereocenters. The largest absolute Gasteiger partial charge is 0.481 e. The van der Waals surface area contributed by atoms with Crippen LogP contribution in [-0.2, 0) is 56.1 Å². The van der Waals surface area contributed by atoms with Crippen LogP contribution in [0.4, 0.5) is 9.59 Å². The van der Waals surface area contributed by atoms with Crippen LogP contribution in [0.15, 0.2) is 60.7 Å². The predicted molar refractivity (Wildman–Crippen MR) is 282 cm³/mol. The quantitative estimate of drug-likeness (QED) is 0.0399. The summed E-state index contributed by atoms with van der Waals surface area (Å²) in [6.07, 6.45) is 5.65. The monoisotopic (exact) mass is 1040 g/mol. The second-order valence-electron chi connectivity index (χ2n) is 21.2. The lowest BCUT2D eigenvalue weighted by Crippen LogP contribution is -2.61. The number of aliphatic carboxylic acids is 1. The van der Waals surface area contributed by atoms with Crippen molar-refractivity contribution in [1.29, 1.82) is 0 Å². The second kappa shape index (κ2) is 32.5. The maximum Gasteiger partial charge on any atom is 0.407 e. The summed E-state index contributed by atoms with van der Waals surface area (Å²) in [5, 5.41) is 24.0. The lowest BCUT2D eigenvalue weighted by molar-refractivity contribution is -0.148. The van der Waals surface area contributed by atoms with Crippen molar-refractivity contribution in [3.8, 4) is 0 Å². The number of ether oxygens (including phenoxy) is 4. The zero-order valence-corrected chi connectivity index (χ0v) is 45.7. The van der Waals surface area contributed by atoms with E-state index in [0.29, 0.717) is 19.3 Å². The minimum Gasteiger partial charge on any atom is -0.481 e. The van der Waals surface area contributed by atoms with E-state index in [1.807, 2.05) is 50.2 Å². The third kappa shape index (κ3) is 23.2. The smallest absolute Gasteiger partial charge is 0.407 e. The number of carbonyl (C=O) groups excluding carboxylic acids is 6. The fourth-order valence-corrected chi connectivity index (χ4v) is 8.84. The number of likely N-dealkylation sites (N-methyl/N-ethyl adjacent to an activating group) is 1. The highest BCUT2D eigenvalue weighted by atomic mass is 16.6. The first-order valence-corrected chi connectivity index (χ1v) is 26.7. The molecular formula is C56H88N6O12. The Morgan fingerprint density at radius 1 is 0.716 bits per heavy atom. The van der Waals surface area contributed by atoms with E-state index in [0.717, 1.165) is 56.1 Å². The molecule has 18 heteroatoms. The number of nitrogens with one attached hydrogen (secondary N) is 5. The van der Waals surface area contributed by atoms with Crippen LogP contribution in [0.5, 0.6) is 0 Å². The molecule has 1 aliphatic rings. The topological polar surface area (TPSA) is 240 Å². The summed E-state index contributed by atoms with van der Waals surface area (Å²) in [7, 11) is 1.59. The summed E-state index contributed by atoms with van der Waals surface area (Å²) in [6, 6.07) is 14.3. The zero-order chi connectivity index (χ0) is 54.8. The molecule has 18 nitrogen and oxygen atoms in total. The molecule has 414 valence electrons. The van der Waals surface area contributed by atoms with Gasteiger partial charge in [-0.1, -0.05) is 133 Å². The van der Waals surface area contributed by atoms with Crippen LogP contribution >= 0.6 is 0 Å². The average molecular weight is 1040 g/mol. The Hall–Kier alpha value is -5.75. The van der Waals surface area contributed by atoms with Gasteiger partial charge in [0, 0.05) is 13.6 Å². The molecule has 0 radical (unpaired) electrons. The van der Waals surface area contributed by atoms with Gasteiger partial charge < -0.3 is 55.5 Å². The summed E-state index contributed by atoms with van der Waals surface area (Å²) >= 11 is 0. The normalized spacial score (nSPS) is 16.2. The van der Waals surface area contributed by atoms with Crippen molar-refractivity contribution < 1.29 is 57.6 Å². The van der Waals surface area contributed by atoms with Crippen molar-refractivity contribution in [2.24, 2.45) is 23.7 Å². The number of carboxylic acid groups (broad SMARTS) is 1. The Kier molecular flexibility index (Phi) is 27.5. The van der Waals surface area contributed by atoms with Crippen LogP contribution in [0.2, 0.25) is 0 Å². The molecule has 74 heavy (non-hydrogen) atoms. The fourth-order valence-electron chi connectivity index (χ4n) is 8.84. The first kappa shape index (κ1) is 62.5. The molecule has 0 aromatic heterocycles. The number of carbonyl (C=O) groups is 7. The lowest BCUT2D eigenvalue weighted by Gasteiger charge is -2.36. The Morgan fingerprint density at radius 2 is 1.34 bits per heavy atom. The van der Waals surface area contributed by atoms with Crippen LogP contribution in [0.1, 0.15) is 144 Å². The zero-order valence-electron chi connectivity index (χ0n) is 45.7. The maximum absolute atomic E-state index is 14.7. The van der Waals surface area contributed by atoms with Gasteiger partial charge >= 0.3 is 18.2 Å². The van der Waals surface area contributed by atoms with Crippen LogP contribution in [0.3, 0.4) is 0 Å². The summed E-state index contributed by atoms with van der Waals surface area (Å²) in [5.74, 6) is -5.75. The van der Waals surface area contributed by atoms with Crippen LogP contribution in [0, 0.1) is 23.7 Å². The highest BCUT2D eigenvalue weighted by Gasteiger charge is 2.39. The predicted octanol–water partition coefficient (Wildman–Crippen LogP) is 7.66. The summed E-state index contributed by atoms with van der Waals surface area (Å²) in [5.41, 5.74) is 0.890. The molecule has 0 aliphatic heterocycles. The number of carboxylic acids is 1. The van der Waals surface area contributed by atoms with Crippen LogP contribution in [-0.4, -0.2) is 121 Å². The van der Waals surface area contributed by atoms with Crippen molar-refractivity contribution in [1.82, 2.24) is 31.5 Å². The van der Waals surface area contributed by atoms with E-state index < -0.39 is 96.2 Å². The van der Waals surface area contributed by atoms with Crippen molar-refractivity contribution in [3.63, 3.8) is 0 Å². The number of benzene rings is 2. The van der Waals surface area contributed by atoms with Crippen molar-refractivity contribution in [2.45, 2.75) is 188 Å². The number of hydrogen-bond acceptors (Lipinski definition) is 11. The maximum atomic E-state index is 14.7. The molecule has 2 aromatic carbocycles. The van der Waals surface area contributed by atoms with Crippen molar-refractivity contribution in [3.05, 3.63) is 71.8 Å². The Balaban J connectivity index is 1.87. The molecule has 2 aromatic rings. The van der Waals surface area contributed by atoms with Gasteiger partial charge in [-0.15, -0.1) is 0 Å². The SMILES string of the molecule is CCCCCC[C@@H](OC[C@@H](C)NC(=O)OC(C)(C)C)[C@@H](C)C(=O)N(C)[C@@H](CC(C)C)C(=O)N[C@H](C(=O)N[C@@H](CNC(=O)OCc1ccccc1)C(=O)NC[C@H](C(=O)O)[C@H](C)OCc1ccccc1)C1CCCCC1. The second-order valence-corrected chi connectivity index (χ2v) is 21.2. The highest BCUT2D eigenvalue weighted by molar-refractivity contribution is 5.95. The van der Waals surface area contributed by atoms with E-state index in [1.54, 1.807) is 72.9 Å². The minimum atomic E-state index is -1.43. The Bertz CT molecular complexity index is 2030. The molecular weight excluding hydrogens is 949 g/mol. The molecule has 1 fully saturated rings. The molecule has 3 rings (SSSR count). The molecule has 0 bridgehead atoms. The van der Waals surface area contributed by atoms with E-state index in [1.165, 1.54) is 4.90 Å². The van der Waals surface area contributed by atoms with Gasteiger partial charge in [-0.05, 0) is 83.3 Å². The standard InChI is InChI=1S/C56H88N6O12/c1-11-12-13-23-30-47(72-34-38(4)59-55(70)74-56(7,8)9)39(5)52(66)62(10)46(31-37(2)3)50(64)61-48(43-28-21-16-22-29-43)51(65)60-45(33-58-54(69)73-36-42-26-19-15-20-27-42)49(63)57-32-44(53(67)68)40(6)71-35-41-24-17-14-18-25-41/h14-15,17-20,24-27,37-40,43-48H,11-13,16,21-23,28-36H2,1-10H3,(H,57,63)(H,58,69)(H,59,70)(H,60,65)(H,61,64)(H,67,68)/t38-,39-,40+,44+,45+,46+,47-,48+/m1/s1. The number of alkyl carbamates (subject to hydrolysis) is 2. The lowest BCUT2D eigenvalue weighted by atomic mass is 9.83. The molecule has 0 heterocycles. The number of nitrogens with zero attached hydrogens (tertiary/aromatic N) is 1. The van der Waals surface area contributed by atoms with Gasteiger partial charge in [-0.25, -0.2) is 9.59 Å². The van der Waals surface area contributed by atoms with E-state index in [9.17, 15) is 38.7 Å². The molecule has 1 saturated carbocycles. The number of rotatable bonds is 31. The molecule has 0 saturated heterocycles. The summed E-state index contributed by atoms with van der Waals surface area (Å²) in [4.78, 5) is 97.5. The third-order valence-corrected chi connectivity index (χ3v) is 13.2. The first-order valence-electron chi connectivity index (χ1n) is 26.7. The van der Waals surface area contributed by atoms with Crippen LogP contribution < -0.4 is 26.6 Å². The molecule has 0 unspecified atom stereocenters. The number of amides is 6. The van der Waals surface area contributed by atoms with E-state index in [4.69, 9.17) is 18.9 Å². The van der Waals surface area contributed by atoms with Gasteiger partial charge in [0.25, 0.3) is 0 Å². The average Bonchev–Trinajstić information content (AvgIpc) is 3.36.